The number of rotatable bonds is 13. The predicted molar refractivity (Wildman–Crippen MR) is 168 cm³/mol. The van der Waals surface area contributed by atoms with E-state index in [-0.39, 0.29) is 16.9 Å². The average Bonchev–Trinajstić information content (AvgIpc) is 3.63. The zero-order valence-corrected chi connectivity index (χ0v) is 25.8. The van der Waals surface area contributed by atoms with Crippen LogP contribution in [0.2, 0.25) is 0 Å². The molecule has 40 heavy (non-hydrogen) atoms. The molecule has 3 N–H and O–H groups in total. The lowest BCUT2D eigenvalue weighted by Gasteiger charge is -2.44. The molecule has 7 atom stereocenters. The van der Waals surface area contributed by atoms with Crippen LogP contribution in [0.1, 0.15) is 124 Å². The van der Waals surface area contributed by atoms with Gasteiger partial charge in [0, 0.05) is 11.8 Å². The molecule has 0 aromatic heterocycles. The zero-order valence-electron chi connectivity index (χ0n) is 25.8. The van der Waals surface area contributed by atoms with Gasteiger partial charge in [-0.15, -0.1) is 0 Å². The molecule has 4 fully saturated rings. The molecule has 0 aliphatic heterocycles. The number of aliphatic hydroxyl groups excluding tert-OH is 3. The van der Waals surface area contributed by atoms with Gasteiger partial charge in [0.1, 0.15) is 0 Å². The fourth-order valence-electron chi connectivity index (χ4n) is 8.28. The molecule has 0 heterocycles. The first-order valence-electron chi connectivity index (χ1n) is 16.7. The van der Waals surface area contributed by atoms with E-state index in [2.05, 4.69) is 63.8 Å². The van der Waals surface area contributed by atoms with Crippen molar-refractivity contribution >= 4 is 0 Å². The molecular weight excluding hydrogens is 492 g/mol. The summed E-state index contributed by atoms with van der Waals surface area (Å²) < 4.78 is 0. The summed E-state index contributed by atoms with van der Waals surface area (Å²) in [6.07, 6.45) is 30.5. The highest BCUT2D eigenvalue weighted by atomic mass is 16.3. The second kappa shape index (κ2) is 14.2. The van der Waals surface area contributed by atoms with Crippen LogP contribution in [0.25, 0.3) is 0 Å². The lowest BCUT2D eigenvalue weighted by atomic mass is 9.61. The summed E-state index contributed by atoms with van der Waals surface area (Å²) in [6.45, 7) is 11.2. The second-order valence-electron chi connectivity index (χ2n) is 14.0. The van der Waals surface area contributed by atoms with Crippen molar-refractivity contribution in [3.8, 4) is 0 Å². The van der Waals surface area contributed by atoms with E-state index in [0.717, 1.165) is 36.8 Å². The molecule has 3 heteroatoms. The summed E-state index contributed by atoms with van der Waals surface area (Å²) in [5.41, 5.74) is 3.58. The number of hydrogen-bond donors (Lipinski definition) is 3. The molecule has 0 aromatic rings. The van der Waals surface area contributed by atoms with E-state index in [9.17, 15) is 15.3 Å². The third kappa shape index (κ3) is 7.50. The van der Waals surface area contributed by atoms with Crippen LogP contribution < -0.4 is 0 Å². The van der Waals surface area contributed by atoms with E-state index in [0.29, 0.717) is 30.6 Å². The largest absolute Gasteiger partial charge is 0.393 e. The van der Waals surface area contributed by atoms with Crippen molar-refractivity contribution in [1.29, 1.82) is 0 Å². The molecule has 0 spiro atoms. The van der Waals surface area contributed by atoms with Crippen LogP contribution in [0.5, 0.6) is 0 Å². The molecule has 4 aliphatic carbocycles. The first-order chi connectivity index (χ1) is 19.2. The van der Waals surface area contributed by atoms with Gasteiger partial charge >= 0.3 is 0 Å². The van der Waals surface area contributed by atoms with E-state index in [4.69, 9.17) is 0 Å². The summed E-state index contributed by atoms with van der Waals surface area (Å²) >= 11 is 0. The van der Waals surface area contributed by atoms with Crippen molar-refractivity contribution in [2.24, 2.45) is 28.6 Å². The van der Waals surface area contributed by atoms with Gasteiger partial charge in [0.2, 0.25) is 0 Å². The number of hydrogen-bond acceptors (Lipinski definition) is 3. The molecule has 224 valence electrons. The van der Waals surface area contributed by atoms with E-state index >= 15 is 0 Å². The lowest BCUT2D eigenvalue weighted by Crippen LogP contribution is -2.35. The molecule has 0 unspecified atom stereocenters. The van der Waals surface area contributed by atoms with Crippen molar-refractivity contribution < 1.29 is 15.3 Å². The third-order valence-corrected chi connectivity index (χ3v) is 11.1. The van der Waals surface area contributed by atoms with Crippen molar-refractivity contribution in [2.75, 3.05) is 0 Å². The molecule has 4 aliphatic rings. The van der Waals surface area contributed by atoms with Gasteiger partial charge in [-0.1, -0.05) is 101 Å². The number of aliphatic hydroxyl groups is 3. The highest BCUT2D eigenvalue weighted by Gasteiger charge is 2.50. The third-order valence-electron chi connectivity index (χ3n) is 11.1. The maximum atomic E-state index is 11.1. The Bertz CT molecular complexity index is 966. The Kier molecular flexibility index (Phi) is 11.2. The van der Waals surface area contributed by atoms with Crippen LogP contribution in [-0.4, -0.2) is 33.6 Å². The monoisotopic (exact) mass is 550 g/mol. The molecular formula is C37H58O3. The van der Waals surface area contributed by atoms with Crippen molar-refractivity contribution in [3.05, 3.63) is 59.8 Å². The summed E-state index contributed by atoms with van der Waals surface area (Å²) in [5.74, 6) is 1.67. The van der Waals surface area contributed by atoms with Crippen LogP contribution >= 0.6 is 0 Å². The minimum Gasteiger partial charge on any atom is -0.393 e. The molecule has 4 saturated carbocycles. The Morgan fingerprint density at radius 3 is 2.50 bits per heavy atom. The first kappa shape index (κ1) is 31.5. The number of allylic oxidation sites excluding steroid dienone is 5. The molecule has 0 aromatic carbocycles. The van der Waals surface area contributed by atoms with Crippen molar-refractivity contribution in [1.82, 2.24) is 0 Å². The molecule has 0 radical (unpaired) electrons. The summed E-state index contributed by atoms with van der Waals surface area (Å²) in [7, 11) is 0. The van der Waals surface area contributed by atoms with E-state index < -0.39 is 12.2 Å². The normalized spacial score (nSPS) is 35.6. The van der Waals surface area contributed by atoms with Crippen molar-refractivity contribution in [2.45, 2.75) is 142 Å². The number of unbranched alkanes of at least 4 members (excludes halogenated alkanes) is 6. The molecule has 0 saturated heterocycles. The summed E-state index contributed by atoms with van der Waals surface area (Å²) in [5, 5.41) is 31.5. The van der Waals surface area contributed by atoms with Gasteiger partial charge in [-0.25, -0.2) is 0 Å². The number of fused-ring (bicyclic) bond motifs is 1. The highest BCUT2D eigenvalue weighted by molar-refractivity contribution is 5.38. The molecule has 4 rings (SSSR count). The second-order valence-corrected chi connectivity index (χ2v) is 14.0. The SMILES string of the molecule is C=C1C(=CC=C2CCC[C@]3(C)[C@@H]([C@H](C)C=C[C@H](O)C4(C=CCCCCCCCC)CC4)CC[C@@H]23)C[C@@H](O)C[C@@H]1O. The first-order valence-corrected chi connectivity index (χ1v) is 16.7. The lowest BCUT2D eigenvalue weighted by molar-refractivity contribution is 0.0862. The smallest absolute Gasteiger partial charge is 0.0811 e. The molecule has 0 amide bonds. The standard InChI is InChI=1S/C37H58O3/c1-5-6-7-8-9-10-11-12-22-37(23-24-37)35(40)20-15-27(2)32-18-19-33-29(14-13-21-36(32,33)4)16-17-30-25-31(38)26-34(39)28(30)3/h12,15-17,20,22,27,31-35,38-40H,3,5-11,13-14,18-19,21,23-26H2,1-2,4H3/t27-,31-,32-,33+,34+,35+,36-/m1/s1. The van der Waals surface area contributed by atoms with Gasteiger partial charge in [0.05, 0.1) is 18.3 Å². The van der Waals surface area contributed by atoms with Gasteiger partial charge in [0.15, 0.2) is 0 Å². The quantitative estimate of drug-likeness (QED) is 0.159. The maximum absolute atomic E-state index is 11.1. The Hall–Kier alpha value is -1.42. The van der Waals surface area contributed by atoms with Crippen LogP contribution in [0.3, 0.4) is 0 Å². The van der Waals surface area contributed by atoms with Crippen LogP contribution in [0.15, 0.2) is 59.8 Å². The maximum Gasteiger partial charge on any atom is 0.0811 e. The Morgan fingerprint density at radius 1 is 1.00 bits per heavy atom. The Morgan fingerprint density at radius 2 is 1.75 bits per heavy atom. The summed E-state index contributed by atoms with van der Waals surface area (Å²) in [6, 6.07) is 0. The minimum atomic E-state index is -0.630. The molecule has 0 bridgehead atoms. The van der Waals surface area contributed by atoms with E-state index in [1.807, 2.05) is 0 Å². The Balaban J connectivity index is 1.33. The van der Waals surface area contributed by atoms with Gasteiger partial charge in [0.25, 0.3) is 0 Å². The van der Waals surface area contributed by atoms with E-state index in [1.54, 1.807) is 0 Å². The highest BCUT2D eigenvalue weighted by Crippen LogP contribution is 2.59. The van der Waals surface area contributed by atoms with Gasteiger partial charge < -0.3 is 15.3 Å². The van der Waals surface area contributed by atoms with Gasteiger partial charge in [-0.3, -0.25) is 0 Å². The Labute approximate surface area is 245 Å². The van der Waals surface area contributed by atoms with Gasteiger partial charge in [-0.2, -0.15) is 0 Å². The average molecular weight is 551 g/mol. The topological polar surface area (TPSA) is 60.7 Å². The fraction of sp³-hybridized carbons (Fsp3) is 0.730. The van der Waals surface area contributed by atoms with E-state index in [1.165, 1.54) is 69.8 Å². The van der Waals surface area contributed by atoms with Crippen molar-refractivity contribution in [3.63, 3.8) is 0 Å². The minimum absolute atomic E-state index is 0.0148. The predicted octanol–water partition coefficient (Wildman–Crippen LogP) is 8.77. The summed E-state index contributed by atoms with van der Waals surface area (Å²) in [4.78, 5) is 0. The fourth-order valence-corrected chi connectivity index (χ4v) is 8.28. The zero-order chi connectivity index (χ0) is 28.8. The van der Waals surface area contributed by atoms with Crippen LogP contribution in [-0.2, 0) is 0 Å². The van der Waals surface area contributed by atoms with Gasteiger partial charge in [-0.05, 0) is 98.5 Å². The van der Waals surface area contributed by atoms with Crippen LogP contribution in [0, 0.1) is 28.6 Å². The van der Waals surface area contributed by atoms with Crippen LogP contribution in [0.4, 0.5) is 0 Å². The molecule has 3 nitrogen and oxygen atoms in total.